The number of aromatic nitrogens is 4. The maximum Gasteiger partial charge on any atom is 0.333 e. The Morgan fingerprint density at radius 1 is 1.08 bits per heavy atom. The molecule has 8 rings (SSSR count). The number of carboxylic acids is 2. The first-order valence-corrected chi connectivity index (χ1v) is 21.3. The molecule has 23 heteroatoms. The molecule has 0 radical (unpaired) electrons. The predicted octanol–water partition coefficient (Wildman–Crippen LogP) is 0.690. The number of hydrogen-bond donors (Lipinski definition) is 7. The van der Waals surface area contributed by atoms with Crippen molar-refractivity contribution in [2.75, 3.05) is 28.7 Å². The number of halogens is 1. The van der Waals surface area contributed by atoms with Crippen LogP contribution >= 0.6 is 23.5 Å². The molecule has 3 atom stereocenters. The number of nitrogens with one attached hydrogen (secondary N) is 3. The summed E-state index contributed by atoms with van der Waals surface area (Å²) in [4.78, 5) is 84.8. The molecule has 2 saturated heterocycles. The number of carboxylic acid groups (broad SMARTS) is 2. The van der Waals surface area contributed by atoms with Gasteiger partial charge in [0.2, 0.25) is 30.0 Å². The van der Waals surface area contributed by atoms with E-state index in [1.807, 2.05) is 0 Å². The fourth-order valence-electron chi connectivity index (χ4n) is 7.33. The highest BCUT2D eigenvalue weighted by Crippen LogP contribution is 2.42. The number of nitrogens with zero attached hydrogens (tertiary/aromatic N) is 6. The number of phenolic OH excluding ortho intramolecular Hbond substituents is 3. The van der Waals surface area contributed by atoms with Crippen LogP contribution in [0.15, 0.2) is 89.8 Å². The number of rotatable bonds is 13. The van der Waals surface area contributed by atoms with Crippen molar-refractivity contribution >= 4 is 75.8 Å². The van der Waals surface area contributed by atoms with E-state index in [9.17, 15) is 58.7 Å². The van der Waals surface area contributed by atoms with Crippen LogP contribution in [-0.4, -0.2) is 116 Å². The first-order valence-electron chi connectivity index (χ1n) is 19.3. The van der Waals surface area contributed by atoms with Crippen LogP contribution in [-0.2, 0) is 41.9 Å². The number of phenols is 3. The number of pyridine rings is 1. The molecule has 64 heavy (non-hydrogen) atoms. The number of amides is 4. The number of likely N-dealkylation sites (tertiary alicyclic amines) is 1. The van der Waals surface area contributed by atoms with Crippen LogP contribution in [0.2, 0.25) is 0 Å². The van der Waals surface area contributed by atoms with E-state index in [1.165, 1.54) is 64.7 Å². The zero-order valence-corrected chi connectivity index (χ0v) is 35.0. The molecule has 4 aliphatic rings. The van der Waals surface area contributed by atoms with E-state index in [4.69, 9.17) is 0 Å². The lowest BCUT2D eigenvalue weighted by molar-refractivity contribution is -0.692. The van der Waals surface area contributed by atoms with Crippen LogP contribution in [0.4, 0.5) is 16.0 Å². The van der Waals surface area contributed by atoms with Crippen LogP contribution in [0.3, 0.4) is 0 Å². The number of allylic oxidation sites excluding steroid dienone is 1. The quantitative estimate of drug-likeness (QED) is 0.0319. The summed E-state index contributed by atoms with van der Waals surface area (Å²) in [6.07, 6.45) is 4.69. The third-order valence-electron chi connectivity index (χ3n) is 10.6. The second-order valence-electron chi connectivity index (χ2n) is 15.1. The number of carbonyl (C=O) groups excluding carboxylic acids is 5. The van der Waals surface area contributed by atoms with Gasteiger partial charge in [0.1, 0.15) is 23.0 Å². The summed E-state index contributed by atoms with van der Waals surface area (Å²) in [5, 5.41) is 63.4. The van der Waals surface area contributed by atoms with Crippen LogP contribution in [0, 0.1) is 5.82 Å². The average Bonchev–Trinajstić information content (AvgIpc) is 3.84. The fraction of sp³-hybridized carbons (Fsp3) is 0.244. The molecule has 0 saturated carbocycles. The van der Waals surface area contributed by atoms with Crippen molar-refractivity contribution in [1.29, 1.82) is 0 Å². The van der Waals surface area contributed by atoms with E-state index in [2.05, 4.69) is 26.0 Å². The van der Waals surface area contributed by atoms with Gasteiger partial charge in [-0.1, -0.05) is 17.8 Å². The van der Waals surface area contributed by atoms with Crippen molar-refractivity contribution in [3.8, 4) is 28.6 Å². The Hall–Kier alpha value is -7.40. The second kappa shape index (κ2) is 17.0. The Morgan fingerprint density at radius 3 is 2.59 bits per heavy atom. The molecular formula is C41H36FN9O11S2. The predicted molar refractivity (Wildman–Crippen MR) is 224 cm³/mol. The molecule has 4 aromatic rings. The highest BCUT2D eigenvalue weighted by molar-refractivity contribution is 8.08. The van der Waals surface area contributed by atoms with Crippen LogP contribution < -0.4 is 25.6 Å². The van der Waals surface area contributed by atoms with Crippen molar-refractivity contribution in [3.63, 3.8) is 0 Å². The third kappa shape index (κ3) is 8.41. The number of benzene rings is 2. The molecular weight excluding hydrogens is 878 g/mol. The normalized spacial score (nSPS) is 20.8. The molecule has 0 bridgehead atoms. The van der Waals surface area contributed by atoms with Crippen LogP contribution in [0.1, 0.15) is 19.0 Å². The maximum absolute atomic E-state index is 13.8. The minimum atomic E-state index is -1.66. The van der Waals surface area contributed by atoms with Gasteiger partial charge in [-0.3, -0.25) is 24.1 Å². The summed E-state index contributed by atoms with van der Waals surface area (Å²) in [7, 11) is 0. The third-order valence-corrected chi connectivity index (χ3v) is 12.9. The molecule has 4 amide bonds. The smallest absolute Gasteiger partial charge is 0.333 e. The highest BCUT2D eigenvalue weighted by atomic mass is 32.2. The number of aliphatic carboxylic acids is 2. The number of anilines is 2. The summed E-state index contributed by atoms with van der Waals surface area (Å²) in [6.45, 7) is 1.59. The molecule has 2 fully saturated rings. The Kier molecular flexibility index (Phi) is 11.5. The van der Waals surface area contributed by atoms with E-state index in [0.717, 1.165) is 28.8 Å². The monoisotopic (exact) mass is 913 g/mol. The van der Waals surface area contributed by atoms with Gasteiger partial charge in [0.05, 0.1) is 17.4 Å². The molecule has 330 valence electrons. The van der Waals surface area contributed by atoms with Crippen LogP contribution in [0.5, 0.6) is 17.2 Å². The van der Waals surface area contributed by atoms with E-state index in [-0.39, 0.29) is 77.3 Å². The minimum Gasteiger partial charge on any atom is -0.543 e. The van der Waals surface area contributed by atoms with Gasteiger partial charge in [0, 0.05) is 47.3 Å². The molecule has 2 aromatic heterocycles. The van der Waals surface area contributed by atoms with Crippen molar-refractivity contribution in [3.05, 3.63) is 101 Å². The van der Waals surface area contributed by atoms with Gasteiger partial charge < -0.3 is 51.2 Å². The summed E-state index contributed by atoms with van der Waals surface area (Å²) in [5.41, 5.74) is -0.542. The molecule has 0 spiro atoms. The van der Waals surface area contributed by atoms with E-state index < -0.39 is 69.6 Å². The molecule has 2 aromatic carbocycles. The van der Waals surface area contributed by atoms with Crippen molar-refractivity contribution in [2.45, 2.75) is 43.4 Å². The number of aromatic hydroxyl groups is 3. The lowest BCUT2D eigenvalue weighted by Crippen LogP contribution is -2.71. The number of carbonyl (C=O) groups is 6. The Balaban J connectivity index is 0.910. The molecule has 4 aliphatic heterocycles. The van der Waals surface area contributed by atoms with E-state index in [1.54, 1.807) is 29.0 Å². The SMILES string of the molecule is CC1(C(=O)O)C=C(SCC(=O)N[C@@H]2C(=O)N3C(C(=O)[O-])=C(/C=C4\CCN(Cc5cccc[n+]5CC(=O)Nc5ccc(O)c(F)c5)C4=O)CS[C@H]23)n2nc(-c3ccc(O)c(O)c3)nc2N1. The minimum absolute atomic E-state index is 0.0233. The first kappa shape index (κ1) is 43.3. The number of β-lactam (4-membered cyclic amide) rings is 1. The highest BCUT2D eigenvalue weighted by Gasteiger charge is 2.53. The van der Waals surface area contributed by atoms with Gasteiger partial charge >= 0.3 is 5.97 Å². The van der Waals surface area contributed by atoms with Gasteiger partial charge in [-0.25, -0.2) is 9.18 Å². The molecule has 1 unspecified atom stereocenters. The van der Waals surface area contributed by atoms with Gasteiger partial charge in [0.25, 0.3) is 11.8 Å². The second-order valence-corrected chi connectivity index (χ2v) is 17.2. The largest absolute Gasteiger partial charge is 0.543 e. The average molecular weight is 914 g/mol. The number of fused-ring (bicyclic) bond motifs is 2. The summed E-state index contributed by atoms with van der Waals surface area (Å²) >= 11 is 2.09. The Bertz CT molecular complexity index is 2780. The fourth-order valence-corrected chi connectivity index (χ4v) is 9.57. The van der Waals surface area contributed by atoms with Crippen LogP contribution in [0.25, 0.3) is 16.4 Å². The Labute approximate surface area is 369 Å². The van der Waals surface area contributed by atoms with Gasteiger partial charge in [-0.15, -0.1) is 16.9 Å². The molecule has 20 nitrogen and oxygen atoms in total. The summed E-state index contributed by atoms with van der Waals surface area (Å²) in [5.74, 6) is -7.47. The zero-order valence-electron chi connectivity index (χ0n) is 33.3. The lowest BCUT2D eigenvalue weighted by Gasteiger charge is -2.50. The lowest BCUT2D eigenvalue weighted by atomic mass is 10.0. The standard InChI is InChI=1S/C41H36FN9O11S2/c1-41(39(61)62)15-31(51-40(46-41)45-34(47-51)20-5-7-27(53)28(54)13-20)63-19-30(56)44-32-36(58)50-33(38(59)60)22(18-64-37(32)50)12-21-9-11-49(35(21)57)16-24-4-2-3-10-48(24)17-29(55)43-23-6-8-26(52)25(42)14-23/h2-8,10,12-15,32,37H,9,11,16-19H2,1H3,(H7-,43,44,45,46,47,52,53,54,55,56,59,60,61,62)/b21-12+/t32-,37-,41?/m1/s1. The topological polar surface area (TPSA) is 284 Å². The van der Waals surface area contributed by atoms with Gasteiger partial charge in [-0.2, -0.15) is 14.2 Å². The number of thioether (sulfide) groups is 2. The van der Waals surface area contributed by atoms with Crippen molar-refractivity contribution in [1.82, 2.24) is 29.9 Å². The first-order chi connectivity index (χ1) is 30.5. The Morgan fingerprint density at radius 2 is 1.86 bits per heavy atom. The van der Waals surface area contributed by atoms with Crippen molar-refractivity contribution < 1.29 is 63.3 Å². The molecule has 6 heterocycles. The molecule has 7 N–H and O–H groups in total. The van der Waals surface area contributed by atoms with E-state index in [0.29, 0.717) is 16.8 Å². The number of hydrogen-bond acceptors (Lipinski definition) is 15. The molecule has 0 aliphatic carbocycles. The van der Waals surface area contributed by atoms with Crippen molar-refractivity contribution in [2.24, 2.45) is 0 Å². The summed E-state index contributed by atoms with van der Waals surface area (Å²) < 4.78 is 16.7. The van der Waals surface area contributed by atoms with Gasteiger partial charge in [-0.05, 0) is 61.4 Å². The van der Waals surface area contributed by atoms with E-state index >= 15 is 0 Å². The summed E-state index contributed by atoms with van der Waals surface area (Å²) in [6, 6.07) is 11.4. The van der Waals surface area contributed by atoms with Gasteiger partial charge in [0.15, 0.2) is 40.6 Å². The zero-order chi connectivity index (χ0) is 45.6. The maximum atomic E-state index is 13.8.